The monoisotopic (exact) mass is 397 g/mol. The fourth-order valence-electron chi connectivity index (χ4n) is 3.74. The number of hydrogen-bond acceptors (Lipinski definition) is 8. The highest BCUT2D eigenvalue weighted by Gasteiger charge is 2.26. The second-order valence-electron chi connectivity index (χ2n) is 7.36. The Morgan fingerprint density at radius 1 is 0.931 bits per heavy atom. The molecule has 0 saturated carbocycles. The standard InChI is InChI=1S/C20H27N7O2/c1-24-6-8-25(9-7-24)17-14-18(23-15-22-17)26-10-12-27(13-11-26)20(28)16-4-3-5-21-19(16)29-2/h3-5,14-15H,6-13H2,1-2H3. The van der Waals surface area contributed by atoms with Crippen molar-refractivity contribution in [3.8, 4) is 5.88 Å². The number of carbonyl (C=O) groups is 1. The van der Waals surface area contributed by atoms with E-state index in [1.165, 1.54) is 7.11 Å². The predicted octanol–water partition coefficient (Wildman–Crippen LogP) is 0.594. The molecule has 0 radical (unpaired) electrons. The van der Waals surface area contributed by atoms with Gasteiger partial charge in [-0.15, -0.1) is 0 Å². The Morgan fingerprint density at radius 3 is 2.17 bits per heavy atom. The lowest BCUT2D eigenvalue weighted by Gasteiger charge is -2.36. The Labute approximate surface area is 170 Å². The summed E-state index contributed by atoms with van der Waals surface area (Å²) < 4.78 is 5.23. The first-order chi connectivity index (χ1) is 14.2. The van der Waals surface area contributed by atoms with Gasteiger partial charge in [-0.3, -0.25) is 4.79 Å². The summed E-state index contributed by atoms with van der Waals surface area (Å²) in [6, 6.07) is 5.58. The molecule has 9 nitrogen and oxygen atoms in total. The zero-order chi connectivity index (χ0) is 20.2. The lowest BCUT2D eigenvalue weighted by atomic mass is 10.2. The molecule has 2 aliphatic rings. The van der Waals surface area contributed by atoms with E-state index in [0.29, 0.717) is 24.5 Å². The van der Waals surface area contributed by atoms with Gasteiger partial charge in [0.15, 0.2) is 0 Å². The minimum Gasteiger partial charge on any atom is -0.480 e. The van der Waals surface area contributed by atoms with Crippen molar-refractivity contribution >= 4 is 17.5 Å². The molecule has 0 bridgehead atoms. The van der Waals surface area contributed by atoms with E-state index in [-0.39, 0.29) is 5.91 Å². The van der Waals surface area contributed by atoms with Gasteiger partial charge >= 0.3 is 0 Å². The molecule has 0 N–H and O–H groups in total. The number of anilines is 2. The number of ether oxygens (including phenoxy) is 1. The Kier molecular flexibility index (Phi) is 5.75. The number of rotatable bonds is 4. The van der Waals surface area contributed by atoms with Crippen molar-refractivity contribution in [1.82, 2.24) is 24.8 Å². The van der Waals surface area contributed by atoms with Crippen molar-refractivity contribution in [3.63, 3.8) is 0 Å². The molecule has 154 valence electrons. The van der Waals surface area contributed by atoms with Crippen LogP contribution in [0, 0.1) is 0 Å². The van der Waals surface area contributed by atoms with Gasteiger partial charge in [0.05, 0.1) is 7.11 Å². The second-order valence-corrected chi connectivity index (χ2v) is 7.36. The number of carbonyl (C=O) groups excluding carboxylic acids is 1. The zero-order valence-corrected chi connectivity index (χ0v) is 17.0. The molecule has 4 heterocycles. The molecule has 0 atom stereocenters. The molecule has 0 aliphatic carbocycles. The van der Waals surface area contributed by atoms with Crippen molar-refractivity contribution in [2.75, 3.05) is 76.3 Å². The van der Waals surface area contributed by atoms with E-state index in [9.17, 15) is 4.79 Å². The fourth-order valence-corrected chi connectivity index (χ4v) is 3.74. The van der Waals surface area contributed by atoms with Crippen molar-refractivity contribution in [2.45, 2.75) is 0 Å². The molecule has 0 aromatic carbocycles. The van der Waals surface area contributed by atoms with Crippen LogP contribution in [0.4, 0.5) is 11.6 Å². The third-order valence-electron chi connectivity index (χ3n) is 5.55. The van der Waals surface area contributed by atoms with Crippen LogP contribution in [-0.2, 0) is 0 Å². The number of likely N-dealkylation sites (N-methyl/N-ethyl adjacent to an activating group) is 1. The van der Waals surface area contributed by atoms with Crippen molar-refractivity contribution < 1.29 is 9.53 Å². The molecule has 4 rings (SSSR count). The Balaban J connectivity index is 1.40. The second kappa shape index (κ2) is 8.60. The molecule has 2 aliphatic heterocycles. The van der Waals surface area contributed by atoms with Crippen LogP contribution in [0.1, 0.15) is 10.4 Å². The Bertz CT molecular complexity index is 846. The fraction of sp³-hybridized carbons (Fsp3) is 0.500. The average molecular weight is 397 g/mol. The van der Waals surface area contributed by atoms with Gasteiger partial charge in [-0.1, -0.05) is 0 Å². The van der Waals surface area contributed by atoms with E-state index in [1.54, 1.807) is 24.7 Å². The van der Waals surface area contributed by atoms with E-state index in [4.69, 9.17) is 4.74 Å². The highest BCUT2D eigenvalue weighted by atomic mass is 16.5. The van der Waals surface area contributed by atoms with Crippen molar-refractivity contribution in [3.05, 3.63) is 36.3 Å². The summed E-state index contributed by atoms with van der Waals surface area (Å²) in [6.45, 7) is 6.75. The average Bonchev–Trinajstić information content (AvgIpc) is 2.79. The summed E-state index contributed by atoms with van der Waals surface area (Å²) in [5.74, 6) is 2.21. The molecule has 0 spiro atoms. The summed E-state index contributed by atoms with van der Waals surface area (Å²) in [7, 11) is 3.68. The number of methoxy groups -OCH3 is 1. The molecule has 29 heavy (non-hydrogen) atoms. The number of hydrogen-bond donors (Lipinski definition) is 0. The molecular formula is C20H27N7O2. The van der Waals surface area contributed by atoms with Gasteiger partial charge in [0.2, 0.25) is 5.88 Å². The lowest BCUT2D eigenvalue weighted by Crippen LogP contribution is -2.49. The molecule has 0 unspecified atom stereocenters. The normalized spacial score (nSPS) is 18.1. The van der Waals surface area contributed by atoms with E-state index in [1.807, 2.05) is 4.90 Å². The largest absolute Gasteiger partial charge is 0.480 e. The van der Waals surface area contributed by atoms with Crippen molar-refractivity contribution in [1.29, 1.82) is 0 Å². The maximum Gasteiger partial charge on any atom is 0.259 e. The molecule has 2 fully saturated rings. The molecule has 2 aromatic heterocycles. The quantitative estimate of drug-likeness (QED) is 0.742. The smallest absolute Gasteiger partial charge is 0.259 e. The minimum atomic E-state index is -0.0459. The number of nitrogens with zero attached hydrogens (tertiary/aromatic N) is 7. The van der Waals surface area contributed by atoms with Crippen LogP contribution in [0.15, 0.2) is 30.7 Å². The summed E-state index contributed by atoms with van der Waals surface area (Å²) in [5, 5.41) is 0. The first-order valence-corrected chi connectivity index (χ1v) is 9.94. The third-order valence-corrected chi connectivity index (χ3v) is 5.55. The van der Waals surface area contributed by atoms with Gasteiger partial charge in [0.1, 0.15) is 23.5 Å². The van der Waals surface area contributed by atoms with Gasteiger partial charge in [0.25, 0.3) is 5.91 Å². The zero-order valence-electron chi connectivity index (χ0n) is 17.0. The van der Waals surface area contributed by atoms with Gasteiger partial charge in [-0.05, 0) is 19.2 Å². The predicted molar refractivity (Wildman–Crippen MR) is 111 cm³/mol. The lowest BCUT2D eigenvalue weighted by molar-refractivity contribution is 0.0742. The Hall–Kier alpha value is -2.94. The van der Waals surface area contributed by atoms with E-state index < -0.39 is 0 Å². The van der Waals surface area contributed by atoms with E-state index in [0.717, 1.165) is 50.9 Å². The molecular weight excluding hydrogens is 370 g/mol. The molecule has 9 heteroatoms. The molecule has 2 aromatic rings. The third kappa shape index (κ3) is 4.24. The summed E-state index contributed by atoms with van der Waals surface area (Å²) in [5.41, 5.74) is 0.503. The van der Waals surface area contributed by atoms with Crippen LogP contribution in [0.5, 0.6) is 5.88 Å². The maximum atomic E-state index is 12.9. The number of amides is 1. The van der Waals surface area contributed by atoms with E-state index in [2.05, 4.69) is 42.8 Å². The minimum absolute atomic E-state index is 0.0459. The maximum absolute atomic E-state index is 12.9. The van der Waals surface area contributed by atoms with Crippen LogP contribution in [0.2, 0.25) is 0 Å². The first-order valence-electron chi connectivity index (χ1n) is 9.94. The van der Waals surface area contributed by atoms with Gasteiger partial charge < -0.3 is 24.3 Å². The van der Waals surface area contributed by atoms with Gasteiger partial charge in [0, 0.05) is 64.6 Å². The first kappa shape index (κ1) is 19.4. The number of piperazine rings is 2. The van der Waals surface area contributed by atoms with Gasteiger partial charge in [-0.2, -0.15) is 0 Å². The molecule has 1 amide bonds. The SMILES string of the molecule is COc1ncccc1C(=O)N1CCN(c2cc(N3CCN(C)CC3)ncn2)CC1. The van der Waals surface area contributed by atoms with Crippen LogP contribution in [0.25, 0.3) is 0 Å². The highest BCUT2D eigenvalue weighted by molar-refractivity contribution is 5.96. The summed E-state index contributed by atoms with van der Waals surface area (Å²) in [6.07, 6.45) is 3.27. The van der Waals surface area contributed by atoms with Crippen LogP contribution in [0.3, 0.4) is 0 Å². The Morgan fingerprint density at radius 2 is 1.55 bits per heavy atom. The van der Waals surface area contributed by atoms with Crippen LogP contribution < -0.4 is 14.5 Å². The highest BCUT2D eigenvalue weighted by Crippen LogP contribution is 2.22. The van der Waals surface area contributed by atoms with Crippen LogP contribution >= 0.6 is 0 Å². The van der Waals surface area contributed by atoms with Crippen LogP contribution in [-0.4, -0.2) is 97.2 Å². The van der Waals surface area contributed by atoms with E-state index >= 15 is 0 Å². The van der Waals surface area contributed by atoms with Crippen molar-refractivity contribution in [2.24, 2.45) is 0 Å². The topological polar surface area (TPSA) is 77.9 Å². The summed E-state index contributed by atoms with van der Waals surface area (Å²) >= 11 is 0. The van der Waals surface area contributed by atoms with Gasteiger partial charge in [-0.25, -0.2) is 15.0 Å². The number of aromatic nitrogens is 3. The number of pyridine rings is 1. The summed E-state index contributed by atoms with van der Waals surface area (Å²) in [4.78, 5) is 34.6. The molecule has 2 saturated heterocycles.